The van der Waals surface area contributed by atoms with Gasteiger partial charge in [-0.3, -0.25) is 14.6 Å². The third kappa shape index (κ3) is 2.99. The number of H-pyrrole nitrogens is 1. The lowest BCUT2D eigenvalue weighted by atomic mass is 10.0. The number of carbonyl (C=O) groups is 1. The molecule has 0 bridgehead atoms. The van der Waals surface area contributed by atoms with Gasteiger partial charge in [-0.15, -0.1) is 0 Å². The molecule has 114 valence electrons. The van der Waals surface area contributed by atoms with Crippen LogP contribution in [0, 0.1) is 13.8 Å². The summed E-state index contributed by atoms with van der Waals surface area (Å²) < 4.78 is 1.82. The van der Waals surface area contributed by atoms with Crippen molar-refractivity contribution in [2.45, 2.75) is 46.6 Å². The van der Waals surface area contributed by atoms with E-state index in [1.807, 2.05) is 46.3 Å². The number of hydrogen-bond acceptors (Lipinski definition) is 3. The SMILES string of the molecule is CCC(C)(C)NC(=O)c1cc(-c2c(C)nn(C)c2C)n[nH]1. The molecule has 0 aliphatic heterocycles. The van der Waals surface area contributed by atoms with Crippen molar-refractivity contribution < 1.29 is 4.79 Å². The Bertz CT molecular complexity index is 666. The molecule has 21 heavy (non-hydrogen) atoms. The molecule has 2 rings (SSSR count). The van der Waals surface area contributed by atoms with E-state index < -0.39 is 0 Å². The molecular weight excluding hydrogens is 266 g/mol. The fourth-order valence-corrected chi connectivity index (χ4v) is 2.17. The fourth-order valence-electron chi connectivity index (χ4n) is 2.17. The number of carbonyl (C=O) groups excluding carboxylic acids is 1. The Morgan fingerprint density at radius 3 is 2.62 bits per heavy atom. The monoisotopic (exact) mass is 289 g/mol. The Morgan fingerprint density at radius 2 is 2.10 bits per heavy atom. The largest absolute Gasteiger partial charge is 0.346 e. The van der Waals surface area contributed by atoms with Crippen molar-refractivity contribution in [3.05, 3.63) is 23.1 Å². The van der Waals surface area contributed by atoms with Gasteiger partial charge in [-0.25, -0.2) is 0 Å². The first-order valence-corrected chi connectivity index (χ1v) is 7.13. The third-order valence-corrected chi connectivity index (χ3v) is 3.92. The molecule has 2 heterocycles. The number of nitrogens with zero attached hydrogens (tertiary/aromatic N) is 3. The zero-order valence-corrected chi connectivity index (χ0v) is 13.5. The highest BCUT2D eigenvalue weighted by atomic mass is 16.2. The van der Waals surface area contributed by atoms with E-state index in [1.165, 1.54) is 0 Å². The van der Waals surface area contributed by atoms with Gasteiger partial charge < -0.3 is 5.32 Å². The first-order valence-electron chi connectivity index (χ1n) is 7.13. The van der Waals surface area contributed by atoms with Crippen molar-refractivity contribution in [3.63, 3.8) is 0 Å². The van der Waals surface area contributed by atoms with Gasteiger partial charge in [0.25, 0.3) is 5.91 Å². The molecule has 0 unspecified atom stereocenters. The van der Waals surface area contributed by atoms with E-state index in [0.29, 0.717) is 5.69 Å². The average molecular weight is 289 g/mol. The summed E-state index contributed by atoms with van der Waals surface area (Å²) in [7, 11) is 1.90. The highest BCUT2D eigenvalue weighted by Crippen LogP contribution is 2.25. The smallest absolute Gasteiger partial charge is 0.269 e. The lowest BCUT2D eigenvalue weighted by molar-refractivity contribution is 0.0906. The Hall–Kier alpha value is -2.11. The third-order valence-electron chi connectivity index (χ3n) is 3.92. The normalized spacial score (nSPS) is 11.7. The summed E-state index contributed by atoms with van der Waals surface area (Å²) in [6.45, 7) is 9.97. The van der Waals surface area contributed by atoms with Crippen molar-refractivity contribution >= 4 is 5.91 Å². The minimum atomic E-state index is -0.234. The van der Waals surface area contributed by atoms with Gasteiger partial charge in [0.15, 0.2) is 0 Å². The van der Waals surface area contributed by atoms with Crippen molar-refractivity contribution in [2.24, 2.45) is 7.05 Å². The van der Waals surface area contributed by atoms with Crippen molar-refractivity contribution in [2.75, 3.05) is 0 Å². The van der Waals surface area contributed by atoms with Crippen molar-refractivity contribution in [1.29, 1.82) is 0 Å². The summed E-state index contributed by atoms with van der Waals surface area (Å²) in [5, 5.41) is 14.4. The summed E-state index contributed by atoms with van der Waals surface area (Å²) in [6, 6.07) is 1.78. The Labute approximate surface area is 124 Å². The number of nitrogens with one attached hydrogen (secondary N) is 2. The summed E-state index contributed by atoms with van der Waals surface area (Å²) in [6.07, 6.45) is 0.862. The van der Waals surface area contributed by atoms with Gasteiger partial charge in [-0.05, 0) is 40.2 Å². The summed E-state index contributed by atoms with van der Waals surface area (Å²) in [4.78, 5) is 12.2. The standard InChI is InChI=1S/C15H23N5O/c1-7-15(4,5)16-14(21)12-8-11(17-18-12)13-9(2)19-20(6)10(13)3/h8H,7H2,1-6H3,(H,16,21)(H,17,18). The van der Waals surface area contributed by atoms with Crippen LogP contribution in [0.2, 0.25) is 0 Å². The molecule has 2 aromatic heterocycles. The number of hydrogen-bond donors (Lipinski definition) is 2. The van der Waals surface area contributed by atoms with Gasteiger partial charge in [-0.2, -0.15) is 10.2 Å². The molecule has 6 heteroatoms. The minimum absolute atomic E-state index is 0.139. The zero-order chi connectivity index (χ0) is 15.8. The molecule has 0 atom stereocenters. The van der Waals surface area contributed by atoms with Crippen LogP contribution >= 0.6 is 0 Å². The quantitative estimate of drug-likeness (QED) is 0.907. The van der Waals surface area contributed by atoms with Crippen molar-refractivity contribution in [1.82, 2.24) is 25.3 Å². The first kappa shape index (κ1) is 15.3. The Kier molecular flexibility index (Phi) is 3.89. The number of amides is 1. The average Bonchev–Trinajstić information content (AvgIpc) is 2.95. The number of aryl methyl sites for hydroxylation is 2. The van der Waals surface area contributed by atoms with Gasteiger partial charge in [0.2, 0.25) is 0 Å². The molecular formula is C15H23N5O. The number of rotatable bonds is 4. The van der Waals surface area contributed by atoms with E-state index in [-0.39, 0.29) is 11.4 Å². The number of aromatic amines is 1. The van der Waals surface area contributed by atoms with E-state index in [0.717, 1.165) is 29.1 Å². The maximum Gasteiger partial charge on any atom is 0.269 e. The lowest BCUT2D eigenvalue weighted by Crippen LogP contribution is -2.42. The van der Waals surface area contributed by atoms with Crippen LogP contribution in [0.5, 0.6) is 0 Å². The molecule has 0 spiro atoms. The molecule has 2 aromatic rings. The minimum Gasteiger partial charge on any atom is -0.346 e. The zero-order valence-electron chi connectivity index (χ0n) is 13.5. The van der Waals surface area contributed by atoms with Crippen LogP contribution in [-0.4, -0.2) is 31.4 Å². The second kappa shape index (κ2) is 5.35. The molecule has 0 saturated carbocycles. The highest BCUT2D eigenvalue weighted by Gasteiger charge is 2.21. The molecule has 0 aliphatic carbocycles. The van der Waals surface area contributed by atoms with E-state index in [9.17, 15) is 4.79 Å². The first-order chi connectivity index (χ1) is 9.75. The van der Waals surface area contributed by atoms with E-state index in [2.05, 4.69) is 20.6 Å². The van der Waals surface area contributed by atoms with Gasteiger partial charge >= 0.3 is 0 Å². The second-order valence-corrected chi connectivity index (χ2v) is 6.03. The van der Waals surface area contributed by atoms with Crippen LogP contribution in [0.3, 0.4) is 0 Å². The van der Waals surface area contributed by atoms with E-state index >= 15 is 0 Å². The van der Waals surface area contributed by atoms with E-state index in [4.69, 9.17) is 0 Å². The maximum atomic E-state index is 12.2. The van der Waals surface area contributed by atoms with Gasteiger partial charge in [0.05, 0.1) is 11.4 Å². The van der Waals surface area contributed by atoms with Gasteiger partial charge in [-0.1, -0.05) is 6.92 Å². The van der Waals surface area contributed by atoms with Crippen LogP contribution in [0.15, 0.2) is 6.07 Å². The summed E-state index contributed by atoms with van der Waals surface area (Å²) >= 11 is 0. The van der Waals surface area contributed by atoms with Gasteiger partial charge in [0, 0.05) is 23.8 Å². The van der Waals surface area contributed by atoms with Crippen LogP contribution in [0.1, 0.15) is 49.1 Å². The van der Waals surface area contributed by atoms with Crippen LogP contribution in [0.4, 0.5) is 0 Å². The molecule has 0 aliphatic rings. The molecule has 0 saturated heterocycles. The van der Waals surface area contributed by atoms with Crippen LogP contribution in [-0.2, 0) is 7.05 Å². The molecule has 0 radical (unpaired) electrons. The lowest BCUT2D eigenvalue weighted by Gasteiger charge is -2.23. The molecule has 0 fully saturated rings. The molecule has 0 aromatic carbocycles. The fraction of sp³-hybridized carbons (Fsp3) is 0.533. The Morgan fingerprint density at radius 1 is 1.43 bits per heavy atom. The second-order valence-electron chi connectivity index (χ2n) is 6.03. The predicted molar refractivity (Wildman–Crippen MR) is 82.1 cm³/mol. The van der Waals surface area contributed by atoms with Crippen LogP contribution in [0.25, 0.3) is 11.3 Å². The van der Waals surface area contributed by atoms with E-state index in [1.54, 1.807) is 6.07 Å². The summed E-state index contributed by atoms with van der Waals surface area (Å²) in [5.74, 6) is -0.139. The highest BCUT2D eigenvalue weighted by molar-refractivity contribution is 5.94. The topological polar surface area (TPSA) is 75.6 Å². The van der Waals surface area contributed by atoms with Crippen LogP contribution < -0.4 is 5.32 Å². The molecule has 1 amide bonds. The Balaban J connectivity index is 2.28. The maximum absolute atomic E-state index is 12.2. The van der Waals surface area contributed by atoms with Gasteiger partial charge in [0.1, 0.15) is 5.69 Å². The number of aromatic nitrogens is 4. The molecule has 2 N–H and O–H groups in total. The summed E-state index contributed by atoms with van der Waals surface area (Å²) in [5.41, 5.74) is 3.89. The van der Waals surface area contributed by atoms with Crippen molar-refractivity contribution in [3.8, 4) is 11.3 Å². The molecule has 6 nitrogen and oxygen atoms in total. The predicted octanol–water partition coefficient (Wildman–Crippen LogP) is 2.35.